The number of rotatable bonds is 4. The number of pyridine rings is 1. The van der Waals surface area contributed by atoms with Gasteiger partial charge in [-0.1, -0.05) is 17.3 Å². The second-order valence-electron chi connectivity index (χ2n) is 6.84. The fourth-order valence-corrected chi connectivity index (χ4v) is 3.16. The van der Waals surface area contributed by atoms with Crippen LogP contribution in [0, 0.1) is 6.92 Å². The minimum atomic E-state index is -4.41. The van der Waals surface area contributed by atoms with E-state index in [-0.39, 0.29) is 18.2 Å². The molecule has 0 aliphatic heterocycles. The number of aryl methyl sites for hydroxylation is 1. The van der Waals surface area contributed by atoms with Crippen LogP contribution in [0.1, 0.15) is 27.2 Å². The number of hydrogen-bond donors (Lipinski definition) is 0. The maximum Gasteiger partial charge on any atom is 0.416 e. The molecule has 4 aromatic rings. The van der Waals surface area contributed by atoms with Crippen LogP contribution in [-0.4, -0.2) is 28.0 Å². The number of halogens is 3. The van der Waals surface area contributed by atoms with Crippen molar-refractivity contribution in [2.45, 2.75) is 19.6 Å². The molecule has 0 unspecified atom stereocenters. The number of hydrogen-bond acceptors (Lipinski definition) is 5. The fourth-order valence-electron chi connectivity index (χ4n) is 3.16. The highest BCUT2D eigenvalue weighted by Crippen LogP contribution is 2.30. The summed E-state index contributed by atoms with van der Waals surface area (Å²) in [6.45, 7) is 1.83. The molecule has 30 heavy (non-hydrogen) atoms. The van der Waals surface area contributed by atoms with Gasteiger partial charge in [-0.25, -0.2) is 4.98 Å². The van der Waals surface area contributed by atoms with Gasteiger partial charge in [-0.15, -0.1) is 0 Å². The molecule has 4 rings (SSSR count). The molecular weight excluding hydrogens is 399 g/mol. The summed E-state index contributed by atoms with van der Waals surface area (Å²) in [4.78, 5) is 18.9. The average Bonchev–Trinajstić information content (AvgIpc) is 3.37. The Bertz CT molecular complexity index is 1200. The number of benzene rings is 1. The van der Waals surface area contributed by atoms with Gasteiger partial charge in [-0.05, 0) is 42.8 Å². The Labute approximate surface area is 168 Å². The maximum atomic E-state index is 13.2. The van der Waals surface area contributed by atoms with E-state index in [1.807, 2.05) is 0 Å². The topological polar surface area (TPSA) is 72.4 Å². The van der Waals surface area contributed by atoms with Crippen LogP contribution in [0.25, 0.3) is 22.6 Å². The number of carbonyl (C=O) groups is 1. The summed E-state index contributed by atoms with van der Waals surface area (Å²) in [5.74, 6) is 0.117. The van der Waals surface area contributed by atoms with Crippen LogP contribution in [0.15, 0.2) is 57.7 Å². The molecule has 0 fully saturated rings. The molecule has 0 N–H and O–H groups in total. The zero-order chi connectivity index (χ0) is 21.5. The Morgan fingerprint density at radius 3 is 2.53 bits per heavy atom. The molecule has 1 aromatic carbocycles. The average molecular weight is 415 g/mol. The number of fused-ring (bicyclic) bond motifs is 1. The molecule has 0 aliphatic rings. The number of aromatic nitrogens is 2. The van der Waals surface area contributed by atoms with Crippen molar-refractivity contribution in [3.8, 4) is 11.5 Å². The summed E-state index contributed by atoms with van der Waals surface area (Å²) in [7, 11) is 1.57. The predicted molar refractivity (Wildman–Crippen MR) is 101 cm³/mol. The van der Waals surface area contributed by atoms with Crippen molar-refractivity contribution in [2.24, 2.45) is 0 Å². The molecule has 0 radical (unpaired) electrons. The van der Waals surface area contributed by atoms with Crippen molar-refractivity contribution in [3.63, 3.8) is 0 Å². The molecule has 154 valence electrons. The van der Waals surface area contributed by atoms with Crippen molar-refractivity contribution in [1.82, 2.24) is 15.0 Å². The Morgan fingerprint density at radius 1 is 1.17 bits per heavy atom. The van der Waals surface area contributed by atoms with E-state index in [0.29, 0.717) is 33.7 Å². The van der Waals surface area contributed by atoms with Gasteiger partial charge < -0.3 is 13.8 Å². The van der Waals surface area contributed by atoms with Gasteiger partial charge in [0.05, 0.1) is 28.5 Å². The van der Waals surface area contributed by atoms with Gasteiger partial charge >= 0.3 is 6.18 Å². The van der Waals surface area contributed by atoms with Crippen molar-refractivity contribution in [3.05, 3.63) is 71.1 Å². The first-order chi connectivity index (χ1) is 14.2. The molecule has 0 spiro atoms. The molecule has 0 bridgehead atoms. The van der Waals surface area contributed by atoms with Crippen molar-refractivity contribution >= 4 is 17.0 Å². The highest BCUT2D eigenvalue weighted by atomic mass is 19.4. The lowest BCUT2D eigenvalue weighted by atomic mass is 10.1. The largest absolute Gasteiger partial charge is 0.463 e. The number of carbonyl (C=O) groups excluding carboxylic acids is 1. The molecule has 0 saturated carbocycles. The van der Waals surface area contributed by atoms with Crippen LogP contribution in [0.2, 0.25) is 0 Å². The van der Waals surface area contributed by atoms with E-state index in [0.717, 1.165) is 12.1 Å². The van der Waals surface area contributed by atoms with E-state index < -0.39 is 11.7 Å². The lowest BCUT2D eigenvalue weighted by Crippen LogP contribution is -2.26. The van der Waals surface area contributed by atoms with Gasteiger partial charge in [0, 0.05) is 13.6 Å². The standard InChI is InChI=1S/C21H16F3N3O3/c1-12-18-15(10-16(17-4-3-9-29-17)25-19(18)30-26-12)20(28)27(2)11-13-5-7-14(8-6-13)21(22,23)24/h3-10H,11H2,1-2H3. The van der Waals surface area contributed by atoms with E-state index in [1.165, 1.54) is 23.3 Å². The fraction of sp³-hybridized carbons (Fsp3) is 0.190. The summed E-state index contributed by atoms with van der Waals surface area (Å²) < 4.78 is 48.9. The zero-order valence-corrected chi connectivity index (χ0v) is 16.0. The molecule has 3 aromatic heterocycles. The van der Waals surface area contributed by atoms with Crippen molar-refractivity contribution in [2.75, 3.05) is 7.05 Å². The SMILES string of the molecule is Cc1noc2nc(-c3ccco3)cc(C(=O)N(C)Cc3ccc(C(F)(F)F)cc3)c12. The summed E-state index contributed by atoms with van der Waals surface area (Å²) in [5, 5.41) is 4.37. The van der Waals surface area contributed by atoms with Gasteiger partial charge in [0.1, 0.15) is 5.69 Å². The first kappa shape index (κ1) is 19.7. The highest BCUT2D eigenvalue weighted by molar-refractivity contribution is 6.06. The molecule has 9 heteroatoms. The van der Waals surface area contributed by atoms with E-state index in [9.17, 15) is 18.0 Å². The summed E-state index contributed by atoms with van der Waals surface area (Å²) in [6, 6.07) is 9.70. The van der Waals surface area contributed by atoms with E-state index in [4.69, 9.17) is 8.94 Å². The Hall–Kier alpha value is -3.62. The molecule has 0 aliphatic carbocycles. The number of alkyl halides is 3. The molecule has 6 nitrogen and oxygen atoms in total. The van der Waals surface area contributed by atoms with Crippen LogP contribution < -0.4 is 0 Å². The second kappa shape index (κ2) is 7.33. The maximum absolute atomic E-state index is 13.2. The first-order valence-electron chi connectivity index (χ1n) is 8.96. The molecule has 0 atom stereocenters. The Morgan fingerprint density at radius 2 is 1.90 bits per heavy atom. The normalized spacial score (nSPS) is 11.8. The van der Waals surface area contributed by atoms with Crippen LogP contribution in [-0.2, 0) is 12.7 Å². The van der Waals surface area contributed by atoms with Gasteiger partial charge in [0.2, 0.25) is 0 Å². The van der Waals surface area contributed by atoms with Gasteiger partial charge in [-0.2, -0.15) is 13.2 Å². The van der Waals surface area contributed by atoms with Crippen LogP contribution in [0.4, 0.5) is 13.2 Å². The predicted octanol–water partition coefficient (Wildman–Crippen LogP) is 5.08. The molecule has 1 amide bonds. The highest BCUT2D eigenvalue weighted by Gasteiger charge is 2.30. The Balaban J connectivity index is 1.66. The summed E-state index contributed by atoms with van der Waals surface area (Å²) in [5.41, 5.74) is 1.27. The number of nitrogens with zero attached hydrogens (tertiary/aromatic N) is 3. The van der Waals surface area contributed by atoms with Gasteiger partial charge in [0.15, 0.2) is 5.76 Å². The third-order valence-electron chi connectivity index (χ3n) is 4.67. The third-order valence-corrected chi connectivity index (χ3v) is 4.67. The van der Waals surface area contributed by atoms with E-state index in [2.05, 4.69) is 10.1 Å². The first-order valence-corrected chi connectivity index (χ1v) is 8.96. The Kier molecular flexibility index (Phi) is 4.81. The molecule has 3 heterocycles. The minimum absolute atomic E-state index is 0.126. The number of amides is 1. The third kappa shape index (κ3) is 3.66. The molecule has 0 saturated heterocycles. The number of furan rings is 1. The summed E-state index contributed by atoms with van der Waals surface area (Å²) >= 11 is 0. The monoisotopic (exact) mass is 415 g/mol. The van der Waals surface area contributed by atoms with E-state index >= 15 is 0 Å². The lowest BCUT2D eigenvalue weighted by Gasteiger charge is -2.18. The van der Waals surface area contributed by atoms with Crippen LogP contribution >= 0.6 is 0 Å². The molecular formula is C21H16F3N3O3. The van der Waals surface area contributed by atoms with E-state index in [1.54, 1.807) is 32.2 Å². The summed E-state index contributed by atoms with van der Waals surface area (Å²) in [6.07, 6.45) is -2.91. The van der Waals surface area contributed by atoms with Crippen LogP contribution in [0.5, 0.6) is 0 Å². The quantitative estimate of drug-likeness (QED) is 0.465. The van der Waals surface area contributed by atoms with Crippen molar-refractivity contribution < 1.29 is 26.9 Å². The second-order valence-corrected chi connectivity index (χ2v) is 6.84. The minimum Gasteiger partial charge on any atom is -0.463 e. The van der Waals surface area contributed by atoms with Crippen LogP contribution in [0.3, 0.4) is 0 Å². The van der Waals surface area contributed by atoms with Gasteiger partial charge in [0.25, 0.3) is 11.6 Å². The lowest BCUT2D eigenvalue weighted by molar-refractivity contribution is -0.137. The van der Waals surface area contributed by atoms with Gasteiger partial charge in [-0.3, -0.25) is 4.79 Å². The van der Waals surface area contributed by atoms with Crippen molar-refractivity contribution in [1.29, 1.82) is 0 Å². The zero-order valence-electron chi connectivity index (χ0n) is 16.0. The smallest absolute Gasteiger partial charge is 0.416 e.